The normalized spacial score (nSPS) is 12.4. The number of esters is 2. The Morgan fingerprint density at radius 3 is 0.968 bits per heavy atom. The highest BCUT2D eigenvalue weighted by Gasteiger charge is 2.16. The number of unbranched alkanes of at least 4 members (excludes halogenated alkanes) is 37. The molecule has 0 fully saturated rings. The maximum Gasteiger partial charge on any atom is 0.306 e. The molecule has 0 spiro atoms. The molecular formula is C57H106O5. The Bertz CT molecular complexity index is 986. The van der Waals surface area contributed by atoms with Crippen molar-refractivity contribution >= 4 is 11.9 Å². The average Bonchev–Trinajstić information content (AvgIpc) is 3.28. The molecule has 0 aliphatic rings. The van der Waals surface area contributed by atoms with Crippen LogP contribution in [0.15, 0.2) is 36.5 Å². The van der Waals surface area contributed by atoms with Gasteiger partial charge in [-0.1, -0.05) is 269 Å². The fourth-order valence-electron chi connectivity index (χ4n) is 8.27. The first kappa shape index (κ1) is 60.1. The quantitative estimate of drug-likeness (QED) is 0.0374. The summed E-state index contributed by atoms with van der Waals surface area (Å²) >= 11 is 0. The topological polar surface area (TPSA) is 72.8 Å². The van der Waals surface area contributed by atoms with Crippen LogP contribution in [0.4, 0.5) is 0 Å². The molecule has 0 aromatic heterocycles. The van der Waals surface area contributed by atoms with Crippen LogP contribution in [-0.4, -0.2) is 36.4 Å². The van der Waals surface area contributed by atoms with E-state index in [0.29, 0.717) is 12.8 Å². The highest BCUT2D eigenvalue weighted by Crippen LogP contribution is 2.17. The lowest BCUT2D eigenvalue weighted by molar-refractivity contribution is -0.161. The molecule has 0 heterocycles. The van der Waals surface area contributed by atoms with Gasteiger partial charge in [-0.25, -0.2) is 0 Å². The molecule has 0 aliphatic heterocycles. The summed E-state index contributed by atoms with van der Waals surface area (Å²) in [5.74, 6) is -0.574. The number of hydrogen-bond acceptors (Lipinski definition) is 5. The zero-order valence-electron chi connectivity index (χ0n) is 41.6. The van der Waals surface area contributed by atoms with E-state index in [1.807, 2.05) is 0 Å². The van der Waals surface area contributed by atoms with E-state index in [1.165, 1.54) is 225 Å². The molecule has 1 unspecified atom stereocenters. The summed E-state index contributed by atoms with van der Waals surface area (Å²) in [5, 5.41) is 9.63. The monoisotopic (exact) mass is 871 g/mol. The number of rotatable bonds is 51. The molecule has 0 rings (SSSR count). The van der Waals surface area contributed by atoms with E-state index in [-0.39, 0.29) is 25.2 Å². The first-order valence-electron chi connectivity index (χ1n) is 27.5. The maximum absolute atomic E-state index is 12.3. The number of allylic oxidation sites excluding steroid dienone is 6. The average molecular weight is 871 g/mol. The van der Waals surface area contributed by atoms with Gasteiger partial charge in [-0.2, -0.15) is 0 Å². The minimum atomic E-state index is -0.767. The van der Waals surface area contributed by atoms with Crippen molar-refractivity contribution in [2.24, 2.45) is 0 Å². The Morgan fingerprint density at radius 2 is 0.645 bits per heavy atom. The maximum atomic E-state index is 12.3. The van der Waals surface area contributed by atoms with E-state index in [4.69, 9.17) is 9.47 Å². The first-order valence-corrected chi connectivity index (χ1v) is 27.5. The molecule has 1 atom stereocenters. The van der Waals surface area contributed by atoms with Gasteiger partial charge < -0.3 is 14.6 Å². The molecule has 62 heavy (non-hydrogen) atoms. The first-order chi connectivity index (χ1) is 30.6. The SMILES string of the molecule is CCCCCCC/C=C\C/C=C\C/C=C\CCCCCCCCCCCCCCCCCCCCC(=O)OC(CO)COC(=O)CCCCCCCCCCCCCCCCC. The minimum Gasteiger partial charge on any atom is -0.462 e. The van der Waals surface area contributed by atoms with Crippen molar-refractivity contribution in [3.63, 3.8) is 0 Å². The fourth-order valence-corrected chi connectivity index (χ4v) is 8.27. The Hall–Kier alpha value is -1.88. The van der Waals surface area contributed by atoms with Gasteiger partial charge in [0.1, 0.15) is 6.61 Å². The van der Waals surface area contributed by atoms with Gasteiger partial charge in [0.15, 0.2) is 6.10 Å². The fraction of sp³-hybridized carbons (Fsp3) is 0.860. The lowest BCUT2D eigenvalue weighted by Crippen LogP contribution is -2.28. The van der Waals surface area contributed by atoms with Crippen LogP contribution < -0.4 is 0 Å². The molecule has 1 N–H and O–H groups in total. The number of hydrogen-bond donors (Lipinski definition) is 1. The van der Waals surface area contributed by atoms with Crippen LogP contribution in [0, 0.1) is 0 Å². The molecule has 0 bridgehead atoms. The molecule has 0 amide bonds. The van der Waals surface area contributed by atoms with Crippen molar-refractivity contribution in [2.45, 2.75) is 302 Å². The van der Waals surface area contributed by atoms with E-state index in [1.54, 1.807) is 0 Å². The van der Waals surface area contributed by atoms with Crippen molar-refractivity contribution in [3.8, 4) is 0 Å². The molecule has 0 aromatic carbocycles. The van der Waals surface area contributed by atoms with E-state index in [0.717, 1.165) is 44.9 Å². The lowest BCUT2D eigenvalue weighted by Gasteiger charge is -2.15. The van der Waals surface area contributed by atoms with Gasteiger partial charge in [-0.3, -0.25) is 9.59 Å². The summed E-state index contributed by atoms with van der Waals surface area (Å²) < 4.78 is 10.7. The van der Waals surface area contributed by atoms with Gasteiger partial charge in [-0.05, 0) is 51.4 Å². The van der Waals surface area contributed by atoms with Gasteiger partial charge in [0.25, 0.3) is 0 Å². The number of aliphatic hydroxyl groups excluding tert-OH is 1. The van der Waals surface area contributed by atoms with Gasteiger partial charge in [0.2, 0.25) is 0 Å². The van der Waals surface area contributed by atoms with Crippen molar-refractivity contribution in [2.75, 3.05) is 13.2 Å². The van der Waals surface area contributed by atoms with Gasteiger partial charge in [-0.15, -0.1) is 0 Å². The number of carbonyl (C=O) groups excluding carboxylic acids is 2. The second-order valence-electron chi connectivity index (χ2n) is 18.7. The highest BCUT2D eigenvalue weighted by molar-refractivity contribution is 5.70. The van der Waals surface area contributed by atoms with Crippen molar-refractivity contribution < 1.29 is 24.2 Å². The molecule has 0 radical (unpaired) electrons. The van der Waals surface area contributed by atoms with Crippen molar-refractivity contribution in [3.05, 3.63) is 36.5 Å². The van der Waals surface area contributed by atoms with Gasteiger partial charge in [0.05, 0.1) is 6.61 Å². The van der Waals surface area contributed by atoms with E-state index in [2.05, 4.69) is 50.3 Å². The molecule has 5 heteroatoms. The predicted molar refractivity (Wildman–Crippen MR) is 270 cm³/mol. The second-order valence-corrected chi connectivity index (χ2v) is 18.7. The zero-order chi connectivity index (χ0) is 44.9. The van der Waals surface area contributed by atoms with E-state index in [9.17, 15) is 14.7 Å². The van der Waals surface area contributed by atoms with Crippen molar-refractivity contribution in [1.82, 2.24) is 0 Å². The summed E-state index contributed by atoms with van der Waals surface area (Å²) in [6, 6.07) is 0. The number of aliphatic hydroxyl groups is 1. The third kappa shape index (κ3) is 50.8. The molecule has 0 saturated heterocycles. The third-order valence-corrected chi connectivity index (χ3v) is 12.4. The molecular weight excluding hydrogens is 765 g/mol. The summed E-state index contributed by atoms with van der Waals surface area (Å²) in [4.78, 5) is 24.4. The van der Waals surface area contributed by atoms with Crippen LogP contribution in [0.25, 0.3) is 0 Å². The largest absolute Gasteiger partial charge is 0.462 e. The standard InChI is InChI=1S/C57H106O5/c1-3-5-7-9-11-13-15-17-19-20-21-22-23-24-25-26-27-28-29-30-31-32-33-34-35-36-38-40-42-44-46-48-50-52-57(60)62-55(53-58)54-61-56(59)51-49-47-45-43-41-39-37-18-16-14-12-10-8-6-4-2/h15,17,20-21,23-24,55,58H,3-14,16,18-19,22,25-54H2,1-2H3/b17-15-,21-20-,24-23-. The smallest absolute Gasteiger partial charge is 0.306 e. The van der Waals surface area contributed by atoms with Crippen LogP contribution in [0.2, 0.25) is 0 Å². The van der Waals surface area contributed by atoms with Crippen molar-refractivity contribution in [1.29, 1.82) is 0 Å². The minimum absolute atomic E-state index is 0.0598. The predicted octanol–water partition coefficient (Wildman–Crippen LogP) is 18.3. The Balaban J connectivity index is 3.42. The molecule has 0 aliphatic carbocycles. The van der Waals surface area contributed by atoms with Crippen LogP contribution in [0.3, 0.4) is 0 Å². The van der Waals surface area contributed by atoms with Crippen LogP contribution in [0.5, 0.6) is 0 Å². The van der Waals surface area contributed by atoms with Crippen LogP contribution in [0.1, 0.15) is 296 Å². The zero-order valence-corrected chi connectivity index (χ0v) is 41.6. The van der Waals surface area contributed by atoms with Gasteiger partial charge in [0, 0.05) is 12.8 Å². The van der Waals surface area contributed by atoms with Crippen LogP contribution >= 0.6 is 0 Å². The molecule has 5 nitrogen and oxygen atoms in total. The summed E-state index contributed by atoms with van der Waals surface area (Å²) in [7, 11) is 0. The highest BCUT2D eigenvalue weighted by atomic mass is 16.6. The molecule has 0 saturated carbocycles. The summed E-state index contributed by atoms with van der Waals surface area (Å²) in [6.07, 6.45) is 68.3. The summed E-state index contributed by atoms with van der Waals surface area (Å²) in [6.45, 7) is 4.16. The van der Waals surface area contributed by atoms with Crippen LogP contribution in [-0.2, 0) is 19.1 Å². The Kier molecular flexibility index (Phi) is 51.8. The van der Waals surface area contributed by atoms with E-state index < -0.39 is 6.10 Å². The molecule has 364 valence electrons. The van der Waals surface area contributed by atoms with E-state index >= 15 is 0 Å². The second kappa shape index (κ2) is 53.5. The molecule has 0 aromatic rings. The number of carbonyl (C=O) groups is 2. The van der Waals surface area contributed by atoms with Gasteiger partial charge >= 0.3 is 11.9 Å². The lowest BCUT2D eigenvalue weighted by atomic mass is 10.0. The Labute approximate surface area is 386 Å². The Morgan fingerprint density at radius 1 is 0.371 bits per heavy atom. The third-order valence-electron chi connectivity index (χ3n) is 12.4. The summed E-state index contributed by atoms with van der Waals surface area (Å²) in [5.41, 5.74) is 0. The number of ether oxygens (including phenoxy) is 2.